The minimum atomic E-state index is -0.863. The van der Waals surface area contributed by atoms with E-state index < -0.39 is 11.9 Å². The van der Waals surface area contributed by atoms with E-state index in [2.05, 4.69) is 5.32 Å². The van der Waals surface area contributed by atoms with Gasteiger partial charge in [-0.05, 0) is 38.3 Å². The number of urea groups is 1. The topological polar surface area (TPSA) is 88.1 Å². The second-order valence-corrected chi connectivity index (χ2v) is 6.24. The number of carboxylic acids is 1. The Balaban J connectivity index is 2.15. The first kappa shape index (κ1) is 18.9. The summed E-state index contributed by atoms with van der Waals surface area (Å²) in [6.45, 7) is 7.44. The molecule has 0 bridgehead atoms. The van der Waals surface area contributed by atoms with Crippen LogP contribution < -0.4 is 14.8 Å². The van der Waals surface area contributed by atoms with Crippen molar-refractivity contribution in [1.29, 1.82) is 0 Å². The molecule has 0 radical (unpaired) electrons. The lowest BCUT2D eigenvalue weighted by Crippen LogP contribution is -2.47. The molecular weight excluding hydrogens is 324 g/mol. The number of rotatable bonds is 6. The fraction of sp³-hybridized carbons (Fsp3) is 0.556. The van der Waals surface area contributed by atoms with E-state index in [-0.39, 0.29) is 18.5 Å². The fourth-order valence-electron chi connectivity index (χ4n) is 3.04. The highest BCUT2D eigenvalue weighted by molar-refractivity contribution is 5.91. The predicted octanol–water partition coefficient (Wildman–Crippen LogP) is 3.06. The molecule has 0 saturated carbocycles. The summed E-state index contributed by atoms with van der Waals surface area (Å²) >= 11 is 0. The third-order valence-corrected chi connectivity index (χ3v) is 4.10. The molecule has 1 heterocycles. The zero-order valence-corrected chi connectivity index (χ0v) is 14.9. The number of piperidine rings is 1. The van der Waals surface area contributed by atoms with Gasteiger partial charge in [-0.1, -0.05) is 6.92 Å². The van der Waals surface area contributed by atoms with Gasteiger partial charge >= 0.3 is 12.0 Å². The predicted molar refractivity (Wildman–Crippen MR) is 94.3 cm³/mol. The van der Waals surface area contributed by atoms with Crippen molar-refractivity contribution in [3.63, 3.8) is 0 Å². The van der Waals surface area contributed by atoms with Gasteiger partial charge in [0.15, 0.2) is 0 Å². The van der Waals surface area contributed by atoms with Crippen LogP contribution in [0.5, 0.6) is 11.5 Å². The summed E-state index contributed by atoms with van der Waals surface area (Å²) in [7, 11) is 0. The van der Waals surface area contributed by atoms with E-state index in [9.17, 15) is 14.7 Å². The number of nitrogens with one attached hydrogen (secondary N) is 1. The van der Waals surface area contributed by atoms with Gasteiger partial charge in [-0.3, -0.25) is 4.79 Å². The second-order valence-electron chi connectivity index (χ2n) is 6.24. The van der Waals surface area contributed by atoms with E-state index in [1.54, 1.807) is 23.1 Å². The van der Waals surface area contributed by atoms with E-state index in [0.29, 0.717) is 43.4 Å². The minimum absolute atomic E-state index is 0.140. The number of hydrogen-bond donors (Lipinski definition) is 2. The SMILES string of the molecule is CCOc1ccc(OCC)c(NC(=O)N2CC(C)CC(C(=O)O)C2)c1. The number of carbonyl (C=O) groups is 2. The van der Waals surface area contributed by atoms with E-state index in [1.807, 2.05) is 20.8 Å². The summed E-state index contributed by atoms with van der Waals surface area (Å²) in [6.07, 6.45) is 0.586. The maximum absolute atomic E-state index is 12.6. The molecule has 2 unspecified atom stereocenters. The normalized spacial score (nSPS) is 20.0. The summed E-state index contributed by atoms with van der Waals surface area (Å²) in [5.74, 6) is -0.0640. The van der Waals surface area contributed by atoms with Crippen molar-refractivity contribution in [2.24, 2.45) is 11.8 Å². The van der Waals surface area contributed by atoms with Crippen LogP contribution in [0.4, 0.5) is 10.5 Å². The molecule has 0 spiro atoms. The van der Waals surface area contributed by atoms with Crippen LogP contribution in [0.1, 0.15) is 27.2 Å². The fourth-order valence-corrected chi connectivity index (χ4v) is 3.04. The molecule has 1 aliphatic rings. The zero-order valence-electron chi connectivity index (χ0n) is 14.9. The molecule has 2 amide bonds. The van der Waals surface area contributed by atoms with Gasteiger partial charge in [0.05, 0.1) is 24.8 Å². The van der Waals surface area contributed by atoms with Crippen LogP contribution in [0.15, 0.2) is 18.2 Å². The third-order valence-electron chi connectivity index (χ3n) is 4.10. The van der Waals surface area contributed by atoms with E-state index >= 15 is 0 Å². The maximum Gasteiger partial charge on any atom is 0.321 e. The maximum atomic E-state index is 12.6. The van der Waals surface area contributed by atoms with Crippen molar-refractivity contribution < 1.29 is 24.2 Å². The molecule has 138 valence electrons. The van der Waals surface area contributed by atoms with Crippen molar-refractivity contribution in [3.8, 4) is 11.5 Å². The van der Waals surface area contributed by atoms with Crippen molar-refractivity contribution >= 4 is 17.7 Å². The lowest BCUT2D eigenvalue weighted by atomic mass is 9.91. The van der Waals surface area contributed by atoms with Gasteiger partial charge in [-0.2, -0.15) is 0 Å². The summed E-state index contributed by atoms with van der Waals surface area (Å²) in [6, 6.07) is 4.93. The van der Waals surface area contributed by atoms with Crippen LogP contribution in [-0.4, -0.2) is 48.3 Å². The first-order valence-corrected chi connectivity index (χ1v) is 8.62. The minimum Gasteiger partial charge on any atom is -0.494 e. The number of carboxylic acid groups (broad SMARTS) is 1. The molecule has 1 aliphatic heterocycles. The number of aliphatic carboxylic acids is 1. The Kier molecular flexibility index (Phi) is 6.50. The molecule has 25 heavy (non-hydrogen) atoms. The molecular formula is C18H26N2O5. The van der Waals surface area contributed by atoms with Crippen molar-refractivity contribution in [2.45, 2.75) is 27.2 Å². The van der Waals surface area contributed by atoms with Crippen LogP contribution in [0.3, 0.4) is 0 Å². The molecule has 1 aromatic rings. The Morgan fingerprint density at radius 1 is 1.24 bits per heavy atom. The summed E-state index contributed by atoms with van der Waals surface area (Å²) in [5.41, 5.74) is 0.517. The number of anilines is 1. The van der Waals surface area contributed by atoms with E-state index in [4.69, 9.17) is 9.47 Å². The van der Waals surface area contributed by atoms with Gasteiger partial charge < -0.3 is 24.8 Å². The number of benzene rings is 1. The van der Waals surface area contributed by atoms with E-state index in [0.717, 1.165) is 0 Å². The largest absolute Gasteiger partial charge is 0.494 e. The van der Waals surface area contributed by atoms with Crippen molar-refractivity contribution in [3.05, 3.63) is 18.2 Å². The van der Waals surface area contributed by atoms with Crippen molar-refractivity contribution in [1.82, 2.24) is 4.90 Å². The van der Waals surface area contributed by atoms with Crippen LogP contribution in [0.25, 0.3) is 0 Å². The highest BCUT2D eigenvalue weighted by Gasteiger charge is 2.32. The number of likely N-dealkylation sites (tertiary alicyclic amines) is 1. The van der Waals surface area contributed by atoms with Gasteiger partial charge in [0.25, 0.3) is 0 Å². The van der Waals surface area contributed by atoms with E-state index in [1.165, 1.54) is 0 Å². The zero-order chi connectivity index (χ0) is 18.4. The smallest absolute Gasteiger partial charge is 0.321 e. The molecule has 0 aliphatic carbocycles. The number of ether oxygens (including phenoxy) is 2. The summed E-state index contributed by atoms with van der Waals surface area (Å²) in [4.78, 5) is 25.5. The molecule has 1 saturated heterocycles. The molecule has 0 aromatic heterocycles. The van der Waals surface area contributed by atoms with Crippen LogP contribution in [0, 0.1) is 11.8 Å². The standard InChI is InChI=1S/C18H26N2O5/c1-4-24-14-6-7-16(25-5-2)15(9-14)19-18(23)20-10-12(3)8-13(11-20)17(21)22/h6-7,9,12-13H,4-5,8,10-11H2,1-3H3,(H,19,23)(H,21,22). The number of carbonyl (C=O) groups excluding carboxylic acids is 1. The van der Waals surface area contributed by atoms with Crippen LogP contribution >= 0.6 is 0 Å². The van der Waals surface area contributed by atoms with Crippen LogP contribution in [-0.2, 0) is 4.79 Å². The van der Waals surface area contributed by atoms with Gasteiger partial charge in [0, 0.05) is 19.2 Å². The summed E-state index contributed by atoms with van der Waals surface area (Å²) in [5, 5.41) is 12.1. The lowest BCUT2D eigenvalue weighted by molar-refractivity contribution is -0.143. The lowest BCUT2D eigenvalue weighted by Gasteiger charge is -2.34. The van der Waals surface area contributed by atoms with Gasteiger partial charge in [0.1, 0.15) is 11.5 Å². The van der Waals surface area contributed by atoms with Crippen LogP contribution in [0.2, 0.25) is 0 Å². The summed E-state index contributed by atoms with van der Waals surface area (Å²) < 4.78 is 11.0. The molecule has 7 heteroatoms. The highest BCUT2D eigenvalue weighted by atomic mass is 16.5. The third kappa shape index (κ3) is 5.01. The number of nitrogens with zero attached hydrogens (tertiary/aromatic N) is 1. The Hall–Kier alpha value is -2.44. The molecule has 7 nitrogen and oxygen atoms in total. The highest BCUT2D eigenvalue weighted by Crippen LogP contribution is 2.30. The molecule has 1 fully saturated rings. The molecule has 2 atom stereocenters. The van der Waals surface area contributed by atoms with Gasteiger partial charge in [0.2, 0.25) is 0 Å². The molecule has 1 aromatic carbocycles. The molecule has 2 rings (SSSR count). The van der Waals surface area contributed by atoms with Crippen molar-refractivity contribution in [2.75, 3.05) is 31.6 Å². The Bertz CT molecular complexity index is 619. The van der Waals surface area contributed by atoms with Gasteiger partial charge in [-0.25, -0.2) is 4.79 Å². The first-order chi connectivity index (χ1) is 11.9. The molecule has 2 N–H and O–H groups in total. The average Bonchev–Trinajstić information content (AvgIpc) is 2.57. The second kappa shape index (κ2) is 8.60. The average molecular weight is 350 g/mol. The Labute approximate surface area is 147 Å². The quantitative estimate of drug-likeness (QED) is 0.823. The monoisotopic (exact) mass is 350 g/mol. The van der Waals surface area contributed by atoms with Gasteiger partial charge in [-0.15, -0.1) is 0 Å². The first-order valence-electron chi connectivity index (χ1n) is 8.62. The number of amides is 2. The number of hydrogen-bond acceptors (Lipinski definition) is 4. The Morgan fingerprint density at radius 3 is 2.60 bits per heavy atom. The Morgan fingerprint density at radius 2 is 1.96 bits per heavy atom.